The van der Waals surface area contributed by atoms with Crippen LogP contribution >= 0.6 is 11.8 Å². The number of ketones is 1. The maximum Gasteiger partial charge on any atom is 0.214 e. The van der Waals surface area contributed by atoms with Crippen molar-refractivity contribution in [1.29, 1.82) is 0 Å². The Balaban J connectivity index is 1.77. The van der Waals surface area contributed by atoms with Gasteiger partial charge in [-0.1, -0.05) is 29.5 Å². The third-order valence-corrected chi connectivity index (χ3v) is 4.68. The van der Waals surface area contributed by atoms with Gasteiger partial charge in [0.1, 0.15) is 11.5 Å². The molecule has 26 heavy (non-hydrogen) atoms. The van der Waals surface area contributed by atoms with Crippen LogP contribution in [0.25, 0.3) is 5.69 Å². The summed E-state index contributed by atoms with van der Waals surface area (Å²) in [7, 11) is 3.09. The van der Waals surface area contributed by atoms with Gasteiger partial charge in [-0.25, -0.2) is 0 Å². The lowest BCUT2D eigenvalue weighted by Crippen LogP contribution is -2.07. The second-order valence-corrected chi connectivity index (χ2v) is 6.43. The second-order valence-electron chi connectivity index (χ2n) is 5.49. The molecule has 0 aliphatic carbocycles. The van der Waals surface area contributed by atoms with Crippen molar-refractivity contribution in [1.82, 2.24) is 20.2 Å². The Morgan fingerprint density at radius 3 is 2.58 bits per heavy atom. The molecule has 0 spiro atoms. The Kier molecular flexibility index (Phi) is 5.52. The molecule has 0 aliphatic heterocycles. The van der Waals surface area contributed by atoms with Gasteiger partial charge in [-0.2, -0.15) is 4.68 Å². The number of carbonyl (C=O) groups is 1. The average Bonchev–Trinajstić information content (AvgIpc) is 3.14. The minimum Gasteiger partial charge on any atom is -0.497 e. The van der Waals surface area contributed by atoms with Gasteiger partial charge in [-0.3, -0.25) is 4.79 Å². The first kappa shape index (κ1) is 17.9. The van der Waals surface area contributed by atoms with Crippen molar-refractivity contribution in [3.8, 4) is 17.2 Å². The minimum absolute atomic E-state index is 0.0933. The zero-order valence-corrected chi connectivity index (χ0v) is 15.5. The Hall–Kier alpha value is -2.87. The Morgan fingerprint density at radius 2 is 1.88 bits per heavy atom. The molecule has 0 saturated carbocycles. The van der Waals surface area contributed by atoms with Crippen LogP contribution in [0.3, 0.4) is 0 Å². The Labute approximate surface area is 155 Å². The van der Waals surface area contributed by atoms with Crippen LogP contribution < -0.4 is 9.47 Å². The van der Waals surface area contributed by atoms with Gasteiger partial charge in [-0.15, -0.1) is 5.10 Å². The van der Waals surface area contributed by atoms with E-state index < -0.39 is 0 Å². The molecule has 0 atom stereocenters. The number of aryl methyl sites for hydroxylation is 1. The molecule has 0 bridgehead atoms. The van der Waals surface area contributed by atoms with Crippen LogP contribution in [0, 0.1) is 6.92 Å². The van der Waals surface area contributed by atoms with Crippen LogP contribution in [0.15, 0.2) is 47.6 Å². The van der Waals surface area contributed by atoms with E-state index in [9.17, 15) is 4.79 Å². The predicted octanol–water partition coefficient (Wildman–Crippen LogP) is 2.96. The third kappa shape index (κ3) is 3.85. The number of nitrogens with zero attached hydrogens (tertiary/aromatic N) is 4. The van der Waals surface area contributed by atoms with Crippen LogP contribution in [-0.4, -0.2) is 46.0 Å². The van der Waals surface area contributed by atoms with E-state index in [2.05, 4.69) is 15.5 Å². The number of benzene rings is 2. The van der Waals surface area contributed by atoms with E-state index in [4.69, 9.17) is 9.47 Å². The molecule has 1 heterocycles. The number of methoxy groups -OCH3 is 2. The minimum atomic E-state index is -0.0933. The Bertz CT molecular complexity index is 909. The summed E-state index contributed by atoms with van der Waals surface area (Å²) >= 11 is 1.27. The van der Waals surface area contributed by atoms with E-state index in [1.54, 1.807) is 30.0 Å². The summed E-state index contributed by atoms with van der Waals surface area (Å²) in [5.74, 6) is 1.19. The van der Waals surface area contributed by atoms with Gasteiger partial charge in [0.2, 0.25) is 5.16 Å². The molecular formula is C18H18N4O3S. The number of Topliss-reactive ketones (excluding diaryl/α,β-unsaturated/α-hetero) is 1. The van der Waals surface area contributed by atoms with Crippen LogP contribution in [0.4, 0.5) is 0 Å². The number of hydrogen-bond acceptors (Lipinski definition) is 7. The first-order chi connectivity index (χ1) is 12.6. The van der Waals surface area contributed by atoms with E-state index in [1.807, 2.05) is 31.2 Å². The highest BCUT2D eigenvalue weighted by Gasteiger charge is 2.17. The number of rotatable bonds is 7. The zero-order chi connectivity index (χ0) is 18.5. The first-order valence-corrected chi connectivity index (χ1v) is 8.84. The van der Waals surface area contributed by atoms with Gasteiger partial charge >= 0.3 is 0 Å². The van der Waals surface area contributed by atoms with E-state index in [-0.39, 0.29) is 11.5 Å². The van der Waals surface area contributed by atoms with Crippen LogP contribution in [0.5, 0.6) is 11.5 Å². The number of tetrazole rings is 1. The van der Waals surface area contributed by atoms with Gasteiger partial charge in [-0.05, 0) is 47.7 Å². The van der Waals surface area contributed by atoms with E-state index in [0.29, 0.717) is 22.2 Å². The normalized spacial score (nSPS) is 10.6. The molecule has 134 valence electrons. The smallest absolute Gasteiger partial charge is 0.214 e. The number of ether oxygens (including phenoxy) is 2. The van der Waals surface area contributed by atoms with Gasteiger partial charge in [0.25, 0.3) is 0 Å². The number of carbonyl (C=O) groups excluding carboxylic acids is 1. The first-order valence-electron chi connectivity index (χ1n) is 7.86. The van der Waals surface area contributed by atoms with Gasteiger partial charge in [0.15, 0.2) is 5.78 Å². The van der Waals surface area contributed by atoms with Gasteiger partial charge < -0.3 is 9.47 Å². The standard InChI is InChI=1S/C18H18N4O3S/c1-12-4-6-13(7-5-12)22-18(19-20-21-22)26-11-16(23)15-10-14(24-2)8-9-17(15)25-3/h4-10H,11H2,1-3H3. The van der Waals surface area contributed by atoms with Crippen molar-refractivity contribution in [2.24, 2.45) is 0 Å². The molecule has 0 amide bonds. The molecular weight excluding hydrogens is 352 g/mol. The number of aromatic nitrogens is 4. The van der Waals surface area contributed by atoms with Crippen LogP contribution in [0.2, 0.25) is 0 Å². The highest BCUT2D eigenvalue weighted by Crippen LogP contribution is 2.27. The summed E-state index contributed by atoms with van der Waals surface area (Å²) in [4.78, 5) is 12.6. The fraction of sp³-hybridized carbons (Fsp3) is 0.222. The molecule has 0 saturated heterocycles. The zero-order valence-electron chi connectivity index (χ0n) is 14.7. The van der Waals surface area contributed by atoms with E-state index in [1.165, 1.54) is 18.9 Å². The summed E-state index contributed by atoms with van der Waals surface area (Å²) in [6.07, 6.45) is 0. The molecule has 7 nitrogen and oxygen atoms in total. The molecule has 8 heteroatoms. The van der Waals surface area contributed by atoms with Crippen molar-refractivity contribution in [2.45, 2.75) is 12.1 Å². The maximum atomic E-state index is 12.6. The molecule has 0 radical (unpaired) electrons. The third-order valence-electron chi connectivity index (χ3n) is 3.76. The van der Waals surface area contributed by atoms with Crippen molar-refractivity contribution in [3.63, 3.8) is 0 Å². The fourth-order valence-electron chi connectivity index (χ4n) is 2.36. The molecule has 0 N–H and O–H groups in total. The SMILES string of the molecule is COc1ccc(OC)c(C(=O)CSc2nnnn2-c2ccc(C)cc2)c1. The largest absolute Gasteiger partial charge is 0.497 e. The van der Waals surface area contributed by atoms with Crippen molar-refractivity contribution in [3.05, 3.63) is 53.6 Å². The lowest BCUT2D eigenvalue weighted by atomic mass is 10.1. The summed E-state index contributed by atoms with van der Waals surface area (Å²) in [6.45, 7) is 2.01. The molecule has 3 rings (SSSR count). The predicted molar refractivity (Wildman–Crippen MR) is 98.5 cm³/mol. The summed E-state index contributed by atoms with van der Waals surface area (Å²) in [5, 5.41) is 12.3. The van der Waals surface area contributed by atoms with Crippen molar-refractivity contribution < 1.29 is 14.3 Å². The monoisotopic (exact) mass is 370 g/mol. The van der Waals surface area contributed by atoms with Crippen molar-refractivity contribution >= 4 is 17.5 Å². The second kappa shape index (κ2) is 8.01. The molecule has 3 aromatic rings. The highest BCUT2D eigenvalue weighted by atomic mass is 32.2. The highest BCUT2D eigenvalue weighted by molar-refractivity contribution is 7.99. The lowest BCUT2D eigenvalue weighted by Gasteiger charge is -2.09. The van der Waals surface area contributed by atoms with Crippen LogP contribution in [-0.2, 0) is 0 Å². The summed E-state index contributed by atoms with van der Waals surface area (Å²) < 4.78 is 12.1. The lowest BCUT2D eigenvalue weighted by molar-refractivity contribution is 0.101. The number of hydrogen-bond donors (Lipinski definition) is 0. The molecule has 2 aromatic carbocycles. The fourth-order valence-corrected chi connectivity index (χ4v) is 3.13. The quantitative estimate of drug-likeness (QED) is 0.467. The van der Waals surface area contributed by atoms with Crippen molar-refractivity contribution in [2.75, 3.05) is 20.0 Å². The van der Waals surface area contributed by atoms with E-state index >= 15 is 0 Å². The van der Waals surface area contributed by atoms with Gasteiger partial charge in [0, 0.05) is 0 Å². The van der Waals surface area contributed by atoms with Gasteiger partial charge in [0.05, 0.1) is 31.2 Å². The summed E-state index contributed by atoms with van der Waals surface area (Å²) in [5.41, 5.74) is 2.46. The average molecular weight is 370 g/mol. The topological polar surface area (TPSA) is 79.1 Å². The maximum absolute atomic E-state index is 12.6. The Morgan fingerprint density at radius 1 is 1.12 bits per heavy atom. The molecule has 0 unspecified atom stereocenters. The van der Waals surface area contributed by atoms with Crippen LogP contribution in [0.1, 0.15) is 15.9 Å². The number of thioether (sulfide) groups is 1. The molecule has 0 fully saturated rings. The summed E-state index contributed by atoms with van der Waals surface area (Å²) in [6, 6.07) is 13.0. The molecule has 0 aliphatic rings. The van der Waals surface area contributed by atoms with E-state index in [0.717, 1.165) is 11.3 Å². The molecule has 1 aromatic heterocycles.